The van der Waals surface area contributed by atoms with Gasteiger partial charge in [-0.15, -0.1) is 10.2 Å². The number of nitrogens with one attached hydrogen (secondary N) is 1. The summed E-state index contributed by atoms with van der Waals surface area (Å²) in [4.78, 5) is 12.7. The Hall–Kier alpha value is -3.11. The Labute approximate surface area is 201 Å². The van der Waals surface area contributed by atoms with Crippen LogP contribution in [0.4, 0.5) is 4.39 Å². The second kappa shape index (κ2) is 11.3. The number of rotatable bonds is 10. The molecule has 0 aliphatic carbocycles. The van der Waals surface area contributed by atoms with Gasteiger partial charge in [-0.2, -0.15) is 0 Å². The monoisotopic (exact) mass is 486 g/mol. The van der Waals surface area contributed by atoms with E-state index in [-0.39, 0.29) is 17.8 Å². The van der Waals surface area contributed by atoms with Crippen molar-refractivity contribution in [2.45, 2.75) is 30.5 Å². The molecule has 1 amide bonds. The van der Waals surface area contributed by atoms with Crippen LogP contribution in [0.3, 0.4) is 0 Å². The fourth-order valence-electron chi connectivity index (χ4n) is 3.70. The summed E-state index contributed by atoms with van der Waals surface area (Å²) in [5.74, 6) is 1.69. The van der Waals surface area contributed by atoms with Gasteiger partial charge in [0.1, 0.15) is 23.1 Å². The quantitative estimate of drug-likeness (QED) is 0.438. The molecule has 34 heavy (non-hydrogen) atoms. The lowest BCUT2D eigenvalue weighted by Crippen LogP contribution is -2.26. The molecule has 1 aliphatic rings. The van der Waals surface area contributed by atoms with Crippen LogP contribution >= 0.6 is 11.8 Å². The van der Waals surface area contributed by atoms with Crippen molar-refractivity contribution in [2.75, 3.05) is 33.1 Å². The number of hydrogen-bond acceptors (Lipinski definition) is 7. The van der Waals surface area contributed by atoms with Crippen molar-refractivity contribution >= 4 is 17.7 Å². The van der Waals surface area contributed by atoms with Crippen molar-refractivity contribution in [3.05, 3.63) is 59.7 Å². The van der Waals surface area contributed by atoms with Gasteiger partial charge in [-0.3, -0.25) is 9.36 Å². The molecule has 1 aliphatic heterocycles. The Kier molecular flexibility index (Phi) is 8.02. The third-order valence-corrected chi connectivity index (χ3v) is 6.52. The number of amides is 1. The Morgan fingerprint density at radius 1 is 1.21 bits per heavy atom. The highest BCUT2D eigenvalue weighted by Crippen LogP contribution is 2.27. The molecule has 180 valence electrons. The van der Waals surface area contributed by atoms with Crippen LogP contribution in [0.1, 0.15) is 29.0 Å². The maximum absolute atomic E-state index is 14.7. The van der Waals surface area contributed by atoms with Crippen LogP contribution in [0.5, 0.6) is 11.5 Å². The Bertz CT molecular complexity index is 1110. The first-order chi connectivity index (χ1) is 16.6. The molecule has 0 saturated carbocycles. The highest BCUT2D eigenvalue weighted by Gasteiger charge is 2.21. The summed E-state index contributed by atoms with van der Waals surface area (Å²) in [6.45, 7) is 1.07. The molecule has 1 N–H and O–H groups in total. The van der Waals surface area contributed by atoms with E-state index in [1.807, 2.05) is 0 Å². The molecule has 1 aromatic heterocycles. The lowest BCUT2D eigenvalue weighted by atomic mass is 10.2. The normalized spacial score (nSPS) is 15.3. The van der Waals surface area contributed by atoms with E-state index in [2.05, 4.69) is 15.5 Å². The second-order valence-corrected chi connectivity index (χ2v) is 8.73. The van der Waals surface area contributed by atoms with Crippen LogP contribution in [-0.2, 0) is 11.2 Å². The average Bonchev–Trinajstić information content (AvgIpc) is 3.52. The molecule has 3 aromatic rings. The minimum atomic E-state index is -0.366. The topological polar surface area (TPSA) is 87.5 Å². The van der Waals surface area contributed by atoms with Crippen LogP contribution in [0.15, 0.2) is 47.6 Å². The van der Waals surface area contributed by atoms with E-state index < -0.39 is 0 Å². The van der Waals surface area contributed by atoms with E-state index in [0.717, 1.165) is 25.2 Å². The molecule has 1 saturated heterocycles. The standard InChI is InChI=1S/C24H27FN4O4S/c1-31-18-12-16(13-19(14-18)32-2)23(30)26-10-9-22-27-28-24(34-15-17-6-5-11-33-17)29(22)21-8-4-3-7-20(21)25/h3-4,7-8,12-14,17H,5-6,9-11,15H2,1-2H3,(H,26,30)/t17-/m0/s1. The van der Waals surface area contributed by atoms with E-state index in [9.17, 15) is 9.18 Å². The van der Waals surface area contributed by atoms with Crippen LogP contribution in [0.2, 0.25) is 0 Å². The van der Waals surface area contributed by atoms with Crippen molar-refractivity contribution in [1.29, 1.82) is 0 Å². The van der Waals surface area contributed by atoms with Crippen molar-refractivity contribution < 1.29 is 23.4 Å². The molecule has 0 spiro atoms. The van der Waals surface area contributed by atoms with Gasteiger partial charge in [-0.1, -0.05) is 23.9 Å². The number of thioether (sulfide) groups is 1. The highest BCUT2D eigenvalue weighted by atomic mass is 32.2. The van der Waals surface area contributed by atoms with Gasteiger partial charge in [0, 0.05) is 37.0 Å². The lowest BCUT2D eigenvalue weighted by molar-refractivity contribution is 0.0953. The van der Waals surface area contributed by atoms with E-state index in [1.165, 1.54) is 32.0 Å². The van der Waals surface area contributed by atoms with E-state index in [1.54, 1.807) is 41.0 Å². The molecule has 10 heteroatoms. The number of para-hydroxylation sites is 1. The molecule has 0 bridgehead atoms. The Balaban J connectivity index is 1.48. The molecule has 0 radical (unpaired) electrons. The van der Waals surface area contributed by atoms with Crippen molar-refractivity contribution in [2.24, 2.45) is 0 Å². The number of aromatic nitrogens is 3. The minimum absolute atomic E-state index is 0.165. The number of methoxy groups -OCH3 is 2. The third-order valence-electron chi connectivity index (χ3n) is 5.46. The predicted octanol–water partition coefficient (Wildman–Crippen LogP) is 3.67. The van der Waals surface area contributed by atoms with Gasteiger partial charge >= 0.3 is 0 Å². The molecular weight excluding hydrogens is 459 g/mol. The maximum atomic E-state index is 14.7. The first-order valence-electron chi connectivity index (χ1n) is 11.0. The zero-order chi connectivity index (χ0) is 23.9. The van der Waals surface area contributed by atoms with Crippen LogP contribution in [-0.4, -0.2) is 59.9 Å². The maximum Gasteiger partial charge on any atom is 0.251 e. The Morgan fingerprint density at radius 3 is 2.65 bits per heavy atom. The first-order valence-corrected chi connectivity index (χ1v) is 12.0. The molecule has 2 heterocycles. The van der Waals surface area contributed by atoms with Gasteiger partial charge in [0.2, 0.25) is 0 Å². The smallest absolute Gasteiger partial charge is 0.251 e. The van der Waals surface area contributed by atoms with Crippen molar-refractivity contribution in [3.63, 3.8) is 0 Å². The van der Waals surface area contributed by atoms with Crippen LogP contribution < -0.4 is 14.8 Å². The average molecular weight is 487 g/mol. The number of carbonyl (C=O) groups is 1. The number of halogens is 1. The molecule has 2 aromatic carbocycles. The van der Waals surface area contributed by atoms with E-state index >= 15 is 0 Å². The molecule has 1 atom stereocenters. The lowest BCUT2D eigenvalue weighted by Gasteiger charge is -2.13. The van der Waals surface area contributed by atoms with Crippen LogP contribution in [0, 0.1) is 5.82 Å². The summed E-state index contributed by atoms with van der Waals surface area (Å²) in [5.41, 5.74) is 0.792. The molecule has 1 fully saturated rings. The summed E-state index contributed by atoms with van der Waals surface area (Å²) in [7, 11) is 3.06. The van der Waals surface area contributed by atoms with Gasteiger partial charge in [-0.05, 0) is 37.1 Å². The van der Waals surface area contributed by atoms with Gasteiger partial charge in [0.25, 0.3) is 5.91 Å². The summed E-state index contributed by atoms with van der Waals surface area (Å²) in [6.07, 6.45) is 2.59. The van der Waals surface area contributed by atoms with Crippen molar-refractivity contribution in [3.8, 4) is 17.2 Å². The fourth-order valence-corrected chi connectivity index (χ4v) is 4.73. The largest absolute Gasteiger partial charge is 0.497 e. The summed E-state index contributed by atoms with van der Waals surface area (Å²) in [6, 6.07) is 11.5. The number of ether oxygens (including phenoxy) is 3. The zero-order valence-corrected chi connectivity index (χ0v) is 19.9. The predicted molar refractivity (Wildman–Crippen MR) is 127 cm³/mol. The number of hydrogen-bond donors (Lipinski definition) is 1. The molecule has 4 rings (SSSR count). The van der Waals surface area contributed by atoms with Crippen molar-refractivity contribution in [1.82, 2.24) is 20.1 Å². The fraction of sp³-hybridized carbons (Fsp3) is 0.375. The van der Waals surface area contributed by atoms with E-state index in [0.29, 0.717) is 46.7 Å². The van der Waals surface area contributed by atoms with Crippen LogP contribution in [0.25, 0.3) is 5.69 Å². The third kappa shape index (κ3) is 5.68. The summed E-state index contributed by atoms with van der Waals surface area (Å²) < 4.78 is 32.5. The van der Waals surface area contributed by atoms with Gasteiger partial charge in [-0.25, -0.2) is 4.39 Å². The van der Waals surface area contributed by atoms with E-state index in [4.69, 9.17) is 14.2 Å². The van der Waals surface area contributed by atoms with Gasteiger partial charge in [0.15, 0.2) is 5.16 Å². The second-order valence-electron chi connectivity index (χ2n) is 7.74. The van der Waals surface area contributed by atoms with Gasteiger partial charge in [0.05, 0.1) is 26.0 Å². The minimum Gasteiger partial charge on any atom is -0.497 e. The summed E-state index contributed by atoms with van der Waals surface area (Å²) >= 11 is 1.50. The number of carbonyl (C=O) groups excluding carboxylic acids is 1. The SMILES string of the molecule is COc1cc(OC)cc(C(=O)NCCc2nnc(SC[C@@H]3CCCO3)n2-c2ccccc2F)c1. The molecular formula is C24H27FN4O4S. The van der Waals surface area contributed by atoms with Gasteiger partial charge < -0.3 is 19.5 Å². The summed E-state index contributed by atoms with van der Waals surface area (Å²) in [5, 5.41) is 12.1. The Morgan fingerprint density at radius 2 is 1.97 bits per heavy atom. The zero-order valence-electron chi connectivity index (χ0n) is 19.1. The highest BCUT2D eigenvalue weighted by molar-refractivity contribution is 7.99. The number of benzene rings is 2. The molecule has 0 unspecified atom stereocenters. The molecule has 8 nitrogen and oxygen atoms in total. The number of nitrogens with zero attached hydrogens (tertiary/aromatic N) is 3. The first kappa shape index (κ1) is 24.0.